The van der Waals surface area contributed by atoms with Crippen molar-refractivity contribution >= 4 is 5.97 Å². The van der Waals surface area contributed by atoms with Gasteiger partial charge in [0.2, 0.25) is 0 Å². The lowest BCUT2D eigenvalue weighted by Crippen LogP contribution is -2.42. The topological polar surface area (TPSA) is 83.6 Å². The molecule has 3 atom stereocenters. The minimum Gasteiger partial charge on any atom is -0.481 e. The summed E-state index contributed by atoms with van der Waals surface area (Å²) >= 11 is 0. The number of aliphatic hydroxyl groups is 1. The molecule has 0 bridgehead atoms. The molecule has 3 unspecified atom stereocenters. The number of aliphatic carboxylic acids is 1. The lowest BCUT2D eigenvalue weighted by Gasteiger charge is -2.28. The maximum atomic E-state index is 10.5. The predicted molar refractivity (Wildman–Crippen MR) is 39.0 cm³/mol. The molecule has 0 aromatic rings. The van der Waals surface area contributed by atoms with E-state index in [2.05, 4.69) is 0 Å². The van der Waals surface area contributed by atoms with Gasteiger partial charge in [-0.25, -0.2) is 0 Å². The minimum atomic E-state index is -0.799. The maximum Gasteiger partial charge on any atom is 0.306 e. The summed E-state index contributed by atoms with van der Waals surface area (Å²) in [6, 6.07) is -0.357. The van der Waals surface area contributed by atoms with E-state index >= 15 is 0 Å². The van der Waals surface area contributed by atoms with Crippen LogP contribution in [0.1, 0.15) is 19.3 Å². The van der Waals surface area contributed by atoms with E-state index in [-0.39, 0.29) is 12.0 Å². The molecule has 64 valence electrons. The molecule has 0 radical (unpaired) electrons. The Morgan fingerprint density at radius 3 is 2.55 bits per heavy atom. The maximum absolute atomic E-state index is 10.5. The van der Waals surface area contributed by atoms with E-state index in [9.17, 15) is 4.79 Å². The lowest BCUT2D eigenvalue weighted by molar-refractivity contribution is -0.143. The summed E-state index contributed by atoms with van der Waals surface area (Å²) < 4.78 is 0. The molecule has 1 fully saturated rings. The van der Waals surface area contributed by atoms with Gasteiger partial charge in [-0.3, -0.25) is 4.79 Å². The van der Waals surface area contributed by atoms with Gasteiger partial charge >= 0.3 is 5.97 Å². The van der Waals surface area contributed by atoms with Gasteiger partial charge < -0.3 is 15.9 Å². The molecule has 1 rings (SSSR count). The molecule has 0 aromatic heterocycles. The van der Waals surface area contributed by atoms with Crippen LogP contribution in [0.3, 0.4) is 0 Å². The summed E-state index contributed by atoms with van der Waals surface area (Å²) in [4.78, 5) is 10.5. The summed E-state index contributed by atoms with van der Waals surface area (Å²) in [5.74, 6) is -1.15. The Morgan fingerprint density at radius 2 is 2.09 bits per heavy atom. The SMILES string of the molecule is NC1CC(C(=O)O)CCC1O. The van der Waals surface area contributed by atoms with Crippen LogP contribution in [-0.2, 0) is 4.79 Å². The number of rotatable bonds is 1. The van der Waals surface area contributed by atoms with Gasteiger partial charge in [-0.1, -0.05) is 0 Å². The molecule has 0 spiro atoms. The molecule has 0 aliphatic heterocycles. The van der Waals surface area contributed by atoms with Gasteiger partial charge in [0.25, 0.3) is 0 Å². The van der Waals surface area contributed by atoms with Crippen molar-refractivity contribution in [2.45, 2.75) is 31.4 Å². The highest BCUT2D eigenvalue weighted by Crippen LogP contribution is 2.23. The zero-order chi connectivity index (χ0) is 8.43. The Morgan fingerprint density at radius 1 is 1.45 bits per heavy atom. The average Bonchev–Trinajstić information content (AvgIpc) is 1.94. The van der Waals surface area contributed by atoms with Crippen LogP contribution < -0.4 is 5.73 Å². The molecule has 11 heavy (non-hydrogen) atoms. The van der Waals surface area contributed by atoms with Crippen LogP contribution in [0, 0.1) is 5.92 Å². The Labute approximate surface area is 65.0 Å². The monoisotopic (exact) mass is 159 g/mol. The van der Waals surface area contributed by atoms with Gasteiger partial charge in [0.05, 0.1) is 12.0 Å². The number of carbonyl (C=O) groups is 1. The predicted octanol–water partition coefficient (Wildman–Crippen LogP) is -0.441. The van der Waals surface area contributed by atoms with Crippen LogP contribution in [-0.4, -0.2) is 28.3 Å². The zero-order valence-corrected chi connectivity index (χ0v) is 6.23. The van der Waals surface area contributed by atoms with E-state index in [4.69, 9.17) is 15.9 Å². The number of nitrogens with two attached hydrogens (primary N) is 1. The molecule has 1 saturated carbocycles. The average molecular weight is 159 g/mol. The molecular weight excluding hydrogens is 146 g/mol. The van der Waals surface area contributed by atoms with Crippen LogP contribution in [0.15, 0.2) is 0 Å². The van der Waals surface area contributed by atoms with Gasteiger partial charge in [-0.15, -0.1) is 0 Å². The van der Waals surface area contributed by atoms with Crippen LogP contribution in [0.4, 0.5) is 0 Å². The van der Waals surface area contributed by atoms with Gasteiger partial charge in [-0.2, -0.15) is 0 Å². The summed E-state index contributed by atoms with van der Waals surface area (Å²) in [7, 11) is 0. The smallest absolute Gasteiger partial charge is 0.306 e. The van der Waals surface area contributed by atoms with Crippen LogP contribution in [0.2, 0.25) is 0 Å². The third-order valence-electron chi connectivity index (χ3n) is 2.21. The number of carboxylic acids is 1. The summed E-state index contributed by atoms with van der Waals surface area (Å²) in [6.07, 6.45) is 0.948. The largest absolute Gasteiger partial charge is 0.481 e. The first-order chi connectivity index (χ1) is 5.11. The third kappa shape index (κ3) is 1.91. The van der Waals surface area contributed by atoms with Crippen molar-refractivity contribution in [3.63, 3.8) is 0 Å². The van der Waals surface area contributed by atoms with Crippen molar-refractivity contribution in [2.24, 2.45) is 11.7 Å². The highest BCUT2D eigenvalue weighted by molar-refractivity contribution is 5.70. The fraction of sp³-hybridized carbons (Fsp3) is 0.857. The summed E-state index contributed by atoms with van der Waals surface area (Å²) in [6.45, 7) is 0. The standard InChI is InChI=1S/C7H13NO3/c8-5-3-4(7(10)11)1-2-6(5)9/h4-6,9H,1-3,8H2,(H,10,11). The van der Waals surface area contributed by atoms with Crippen molar-refractivity contribution in [1.82, 2.24) is 0 Å². The lowest BCUT2D eigenvalue weighted by atomic mass is 9.84. The van der Waals surface area contributed by atoms with Gasteiger partial charge in [-0.05, 0) is 19.3 Å². The Hall–Kier alpha value is -0.610. The molecule has 0 saturated heterocycles. The Kier molecular flexibility index (Phi) is 2.46. The van der Waals surface area contributed by atoms with E-state index in [1.165, 1.54) is 0 Å². The Bertz CT molecular complexity index is 160. The molecule has 4 nitrogen and oxygen atoms in total. The molecule has 1 aliphatic rings. The van der Waals surface area contributed by atoms with Crippen molar-refractivity contribution in [3.05, 3.63) is 0 Å². The van der Waals surface area contributed by atoms with Gasteiger partial charge in [0.15, 0.2) is 0 Å². The number of hydrogen-bond donors (Lipinski definition) is 3. The van der Waals surface area contributed by atoms with Crippen LogP contribution >= 0.6 is 0 Å². The number of aliphatic hydroxyl groups excluding tert-OH is 1. The molecule has 1 aliphatic carbocycles. The molecule has 0 aromatic carbocycles. The third-order valence-corrected chi connectivity index (χ3v) is 2.21. The van der Waals surface area contributed by atoms with Crippen molar-refractivity contribution in [2.75, 3.05) is 0 Å². The second kappa shape index (κ2) is 3.19. The van der Waals surface area contributed by atoms with E-state index < -0.39 is 12.1 Å². The first-order valence-corrected chi connectivity index (χ1v) is 3.77. The van der Waals surface area contributed by atoms with Crippen molar-refractivity contribution in [1.29, 1.82) is 0 Å². The highest BCUT2D eigenvalue weighted by Gasteiger charge is 2.30. The minimum absolute atomic E-state index is 0.353. The van der Waals surface area contributed by atoms with Crippen molar-refractivity contribution < 1.29 is 15.0 Å². The Balaban J connectivity index is 2.46. The molecule has 0 amide bonds. The van der Waals surface area contributed by atoms with Gasteiger partial charge in [0.1, 0.15) is 0 Å². The van der Waals surface area contributed by atoms with E-state index in [0.717, 1.165) is 0 Å². The first kappa shape index (κ1) is 8.49. The summed E-state index contributed by atoms with van der Waals surface area (Å²) in [5, 5.41) is 17.8. The second-order valence-corrected chi connectivity index (χ2v) is 3.08. The molecule has 4 heteroatoms. The molecular formula is C7H13NO3. The van der Waals surface area contributed by atoms with E-state index in [0.29, 0.717) is 19.3 Å². The normalized spacial score (nSPS) is 38.5. The first-order valence-electron chi connectivity index (χ1n) is 3.77. The molecule has 0 heterocycles. The van der Waals surface area contributed by atoms with Crippen molar-refractivity contribution in [3.8, 4) is 0 Å². The van der Waals surface area contributed by atoms with E-state index in [1.54, 1.807) is 0 Å². The fourth-order valence-corrected chi connectivity index (χ4v) is 1.41. The quantitative estimate of drug-likeness (QED) is 0.484. The fourth-order valence-electron chi connectivity index (χ4n) is 1.41. The zero-order valence-electron chi connectivity index (χ0n) is 6.23. The van der Waals surface area contributed by atoms with Crippen LogP contribution in [0.5, 0.6) is 0 Å². The number of hydrogen-bond acceptors (Lipinski definition) is 3. The summed E-state index contributed by atoms with van der Waals surface area (Å²) in [5.41, 5.74) is 5.49. The van der Waals surface area contributed by atoms with Crippen LogP contribution in [0.25, 0.3) is 0 Å². The second-order valence-electron chi connectivity index (χ2n) is 3.08. The van der Waals surface area contributed by atoms with E-state index in [1.807, 2.05) is 0 Å². The highest BCUT2D eigenvalue weighted by atomic mass is 16.4. The molecule has 4 N–H and O–H groups in total. The van der Waals surface area contributed by atoms with Gasteiger partial charge in [0, 0.05) is 6.04 Å². The number of carboxylic acid groups (broad SMARTS) is 1.